The van der Waals surface area contributed by atoms with Crippen molar-refractivity contribution in [3.63, 3.8) is 0 Å². The highest BCUT2D eigenvalue weighted by Gasteiger charge is 2.20. The number of hydrogen-bond acceptors (Lipinski definition) is 3. The van der Waals surface area contributed by atoms with Crippen LogP contribution in [0.5, 0.6) is 0 Å². The minimum absolute atomic E-state index is 0.672. The second-order valence-corrected chi connectivity index (χ2v) is 6.52. The van der Waals surface area contributed by atoms with Crippen molar-refractivity contribution in [2.75, 3.05) is 39.9 Å². The summed E-state index contributed by atoms with van der Waals surface area (Å²) in [4.78, 5) is 2.55. The summed E-state index contributed by atoms with van der Waals surface area (Å²) in [5.74, 6) is 1.47. The van der Waals surface area contributed by atoms with E-state index >= 15 is 0 Å². The van der Waals surface area contributed by atoms with Crippen molar-refractivity contribution in [3.05, 3.63) is 0 Å². The second kappa shape index (κ2) is 9.73. The Labute approximate surface area is 120 Å². The Morgan fingerprint density at radius 2 is 2.11 bits per heavy atom. The molecule has 3 heteroatoms. The molecule has 0 radical (unpaired) electrons. The molecule has 3 nitrogen and oxygen atoms in total. The third kappa shape index (κ3) is 7.28. The number of rotatable bonds is 9. The lowest BCUT2D eigenvalue weighted by atomic mass is 10.0. The lowest BCUT2D eigenvalue weighted by Gasteiger charge is -2.33. The van der Waals surface area contributed by atoms with E-state index in [9.17, 15) is 0 Å². The molecule has 0 bridgehead atoms. The van der Waals surface area contributed by atoms with E-state index in [1.165, 1.54) is 32.2 Å². The van der Waals surface area contributed by atoms with Crippen LogP contribution in [0.3, 0.4) is 0 Å². The Kier molecular flexibility index (Phi) is 8.67. The van der Waals surface area contributed by atoms with Crippen LogP contribution in [0.2, 0.25) is 0 Å². The van der Waals surface area contributed by atoms with Gasteiger partial charge in [0.25, 0.3) is 0 Å². The van der Waals surface area contributed by atoms with Crippen LogP contribution in [-0.2, 0) is 4.74 Å². The molecule has 0 spiro atoms. The quantitative estimate of drug-likeness (QED) is 0.697. The smallest absolute Gasteiger partial charge is 0.0506 e. The predicted octanol–water partition coefficient (Wildman–Crippen LogP) is 2.76. The average Bonchev–Trinajstić information content (AvgIpc) is 2.38. The van der Waals surface area contributed by atoms with E-state index in [0.717, 1.165) is 38.1 Å². The van der Waals surface area contributed by atoms with Gasteiger partial charge in [-0.3, -0.25) is 0 Å². The van der Waals surface area contributed by atoms with Crippen molar-refractivity contribution in [2.24, 2.45) is 11.8 Å². The lowest BCUT2D eigenvalue weighted by molar-refractivity contribution is 0.0354. The van der Waals surface area contributed by atoms with Gasteiger partial charge in [0.2, 0.25) is 0 Å². The first kappa shape index (κ1) is 16.9. The van der Waals surface area contributed by atoms with Gasteiger partial charge >= 0.3 is 0 Å². The summed E-state index contributed by atoms with van der Waals surface area (Å²) in [5.41, 5.74) is 0. The fraction of sp³-hybridized carbons (Fsp3) is 1.00. The van der Waals surface area contributed by atoms with Gasteiger partial charge in [-0.2, -0.15) is 0 Å². The largest absolute Gasteiger partial charge is 0.381 e. The number of hydrogen-bond donors (Lipinski definition) is 1. The molecule has 1 N–H and O–H groups in total. The Morgan fingerprint density at radius 1 is 1.32 bits per heavy atom. The molecule has 1 fully saturated rings. The maximum absolute atomic E-state index is 5.59. The van der Waals surface area contributed by atoms with Gasteiger partial charge in [0, 0.05) is 25.7 Å². The first-order chi connectivity index (χ1) is 9.13. The van der Waals surface area contributed by atoms with E-state index in [-0.39, 0.29) is 0 Å². The Bertz CT molecular complexity index is 215. The second-order valence-electron chi connectivity index (χ2n) is 6.52. The van der Waals surface area contributed by atoms with Crippen LogP contribution in [0, 0.1) is 11.8 Å². The Hall–Kier alpha value is -0.120. The fourth-order valence-electron chi connectivity index (χ4n) is 2.86. The van der Waals surface area contributed by atoms with Crippen molar-refractivity contribution in [1.82, 2.24) is 10.2 Å². The van der Waals surface area contributed by atoms with Crippen LogP contribution < -0.4 is 5.32 Å². The number of ether oxygens (including phenoxy) is 1. The topological polar surface area (TPSA) is 24.5 Å². The van der Waals surface area contributed by atoms with Gasteiger partial charge in [0.1, 0.15) is 0 Å². The normalized spacial score (nSPS) is 22.1. The first-order valence-electron chi connectivity index (χ1n) is 8.12. The van der Waals surface area contributed by atoms with Gasteiger partial charge in [0.05, 0.1) is 6.61 Å². The molecule has 0 aromatic heterocycles. The SMILES string of the molecule is CCCC(CNCC(C)C)N(C)CC1CCCOC1. The third-order valence-electron chi connectivity index (χ3n) is 3.98. The maximum Gasteiger partial charge on any atom is 0.0506 e. The Morgan fingerprint density at radius 3 is 2.68 bits per heavy atom. The molecular formula is C16H34N2O. The highest BCUT2D eigenvalue weighted by atomic mass is 16.5. The van der Waals surface area contributed by atoms with E-state index < -0.39 is 0 Å². The third-order valence-corrected chi connectivity index (χ3v) is 3.98. The molecule has 0 aromatic carbocycles. The zero-order valence-electron chi connectivity index (χ0n) is 13.5. The molecule has 1 heterocycles. The van der Waals surface area contributed by atoms with Crippen LogP contribution in [-0.4, -0.2) is 50.8 Å². The van der Waals surface area contributed by atoms with Crippen LogP contribution in [0.4, 0.5) is 0 Å². The number of likely N-dealkylation sites (N-methyl/N-ethyl adjacent to an activating group) is 1. The minimum atomic E-state index is 0.672. The van der Waals surface area contributed by atoms with Crippen molar-refractivity contribution in [3.8, 4) is 0 Å². The van der Waals surface area contributed by atoms with Crippen LogP contribution in [0.1, 0.15) is 46.5 Å². The summed E-state index contributed by atoms with van der Waals surface area (Å²) in [6.45, 7) is 12.2. The van der Waals surface area contributed by atoms with E-state index in [4.69, 9.17) is 4.74 Å². The number of nitrogens with one attached hydrogen (secondary N) is 1. The van der Waals surface area contributed by atoms with Gasteiger partial charge < -0.3 is 15.0 Å². The Balaban J connectivity index is 2.31. The van der Waals surface area contributed by atoms with Crippen LogP contribution in [0.15, 0.2) is 0 Å². The summed E-state index contributed by atoms with van der Waals surface area (Å²) in [6.07, 6.45) is 5.12. The highest BCUT2D eigenvalue weighted by molar-refractivity contribution is 4.75. The summed E-state index contributed by atoms with van der Waals surface area (Å²) in [6, 6.07) is 0.672. The van der Waals surface area contributed by atoms with E-state index in [0.29, 0.717) is 6.04 Å². The predicted molar refractivity (Wildman–Crippen MR) is 82.6 cm³/mol. The molecule has 2 unspecified atom stereocenters. The summed E-state index contributed by atoms with van der Waals surface area (Å²) in [7, 11) is 2.28. The molecule has 1 aliphatic heterocycles. The van der Waals surface area contributed by atoms with Crippen molar-refractivity contribution < 1.29 is 4.74 Å². The van der Waals surface area contributed by atoms with E-state index in [2.05, 4.69) is 38.0 Å². The minimum Gasteiger partial charge on any atom is -0.381 e. The average molecular weight is 270 g/mol. The van der Waals surface area contributed by atoms with E-state index in [1.807, 2.05) is 0 Å². The zero-order valence-corrected chi connectivity index (χ0v) is 13.5. The van der Waals surface area contributed by atoms with Crippen LogP contribution >= 0.6 is 0 Å². The molecular weight excluding hydrogens is 236 g/mol. The highest BCUT2D eigenvalue weighted by Crippen LogP contribution is 2.16. The molecule has 1 rings (SSSR count). The van der Waals surface area contributed by atoms with Gasteiger partial charge in [-0.1, -0.05) is 27.2 Å². The van der Waals surface area contributed by atoms with Crippen molar-refractivity contribution in [1.29, 1.82) is 0 Å². The fourth-order valence-corrected chi connectivity index (χ4v) is 2.86. The molecule has 0 aromatic rings. The molecule has 19 heavy (non-hydrogen) atoms. The standard InChI is InChI=1S/C16H34N2O/c1-5-7-16(11-17-10-14(2)3)18(4)12-15-8-6-9-19-13-15/h14-17H,5-13H2,1-4H3. The molecule has 0 saturated carbocycles. The molecule has 0 aliphatic carbocycles. The molecule has 114 valence electrons. The van der Waals surface area contributed by atoms with Crippen molar-refractivity contribution >= 4 is 0 Å². The lowest BCUT2D eigenvalue weighted by Crippen LogP contribution is -2.44. The summed E-state index contributed by atoms with van der Waals surface area (Å²) >= 11 is 0. The van der Waals surface area contributed by atoms with Gasteiger partial charge in [0.15, 0.2) is 0 Å². The van der Waals surface area contributed by atoms with Gasteiger partial charge in [-0.25, -0.2) is 0 Å². The molecule has 0 amide bonds. The zero-order chi connectivity index (χ0) is 14.1. The molecule has 2 atom stereocenters. The summed E-state index contributed by atoms with van der Waals surface area (Å²) < 4.78 is 5.59. The van der Waals surface area contributed by atoms with Gasteiger partial charge in [-0.05, 0) is 44.7 Å². The van der Waals surface area contributed by atoms with E-state index in [1.54, 1.807) is 0 Å². The summed E-state index contributed by atoms with van der Waals surface area (Å²) in [5, 5.41) is 3.61. The molecule has 1 aliphatic rings. The van der Waals surface area contributed by atoms with Crippen LogP contribution in [0.25, 0.3) is 0 Å². The van der Waals surface area contributed by atoms with Gasteiger partial charge in [-0.15, -0.1) is 0 Å². The molecule has 1 saturated heterocycles. The number of nitrogens with zero attached hydrogens (tertiary/aromatic N) is 1. The van der Waals surface area contributed by atoms with Crippen molar-refractivity contribution in [2.45, 2.75) is 52.5 Å². The monoisotopic (exact) mass is 270 g/mol. The maximum atomic E-state index is 5.59. The first-order valence-corrected chi connectivity index (χ1v) is 8.12.